The van der Waals surface area contributed by atoms with Crippen molar-refractivity contribution in [3.63, 3.8) is 0 Å². The van der Waals surface area contributed by atoms with Gasteiger partial charge in [-0.15, -0.1) is 5.10 Å². The second kappa shape index (κ2) is 9.41. The number of carbonyl (C=O) groups is 2. The molecule has 29 heavy (non-hydrogen) atoms. The molecule has 0 spiro atoms. The van der Waals surface area contributed by atoms with Gasteiger partial charge in [0, 0.05) is 44.8 Å². The van der Waals surface area contributed by atoms with Crippen LogP contribution in [0.5, 0.6) is 0 Å². The van der Waals surface area contributed by atoms with Gasteiger partial charge in [0.2, 0.25) is 17.0 Å². The van der Waals surface area contributed by atoms with E-state index in [1.54, 1.807) is 0 Å². The topological polar surface area (TPSA) is 85.4 Å². The van der Waals surface area contributed by atoms with Crippen molar-refractivity contribution in [2.75, 3.05) is 51.6 Å². The van der Waals surface area contributed by atoms with Crippen molar-refractivity contribution in [2.45, 2.75) is 18.0 Å². The molecule has 2 saturated heterocycles. The lowest BCUT2D eigenvalue weighted by atomic mass is 10.2. The fourth-order valence-corrected chi connectivity index (χ4v) is 4.37. The van der Waals surface area contributed by atoms with E-state index >= 15 is 0 Å². The van der Waals surface area contributed by atoms with Crippen molar-refractivity contribution < 1.29 is 9.59 Å². The van der Waals surface area contributed by atoms with Crippen molar-refractivity contribution in [2.24, 2.45) is 0 Å². The maximum absolute atomic E-state index is 12.5. The summed E-state index contributed by atoms with van der Waals surface area (Å²) in [7, 11) is 0. The van der Waals surface area contributed by atoms with E-state index in [1.165, 1.54) is 11.8 Å². The minimum Gasteiger partial charge on any atom is -0.342 e. The molecule has 4 rings (SSSR count). The highest BCUT2D eigenvalue weighted by atomic mass is 32.2. The largest absolute Gasteiger partial charge is 0.342 e. The summed E-state index contributed by atoms with van der Waals surface area (Å²) < 4.78 is 0. The molecule has 9 heteroatoms. The highest BCUT2D eigenvalue weighted by Crippen LogP contribution is 2.19. The van der Waals surface area contributed by atoms with Crippen LogP contribution >= 0.6 is 11.8 Å². The summed E-state index contributed by atoms with van der Waals surface area (Å²) in [5, 5.41) is 7.70. The molecule has 1 aromatic heterocycles. The van der Waals surface area contributed by atoms with Crippen molar-refractivity contribution >= 4 is 23.6 Å². The molecule has 8 nitrogen and oxygen atoms in total. The maximum Gasteiger partial charge on any atom is 0.236 e. The van der Waals surface area contributed by atoms with E-state index in [4.69, 9.17) is 0 Å². The fraction of sp³-hybridized carbons (Fsp3) is 0.500. The van der Waals surface area contributed by atoms with E-state index in [2.05, 4.69) is 20.1 Å². The number of hydrogen-bond donors (Lipinski definition) is 1. The minimum atomic E-state index is 0.0894. The number of hydrogen-bond acceptors (Lipinski definition) is 6. The van der Waals surface area contributed by atoms with Crippen molar-refractivity contribution in [3.8, 4) is 11.4 Å². The molecule has 1 aromatic carbocycles. The number of aromatic nitrogens is 3. The zero-order valence-corrected chi connectivity index (χ0v) is 17.2. The van der Waals surface area contributed by atoms with Crippen LogP contribution in [0.3, 0.4) is 0 Å². The van der Waals surface area contributed by atoms with E-state index in [9.17, 15) is 9.59 Å². The third-order valence-corrected chi connectivity index (χ3v) is 6.21. The SMILES string of the molecule is O=C(CSc1n[nH]c(-c2ccccc2)n1)N1CCN(CC(=O)N2CCCC2)CC1. The molecule has 0 unspecified atom stereocenters. The number of aromatic amines is 1. The van der Waals surface area contributed by atoms with Crippen LogP contribution in [0, 0.1) is 0 Å². The number of benzene rings is 1. The number of rotatable bonds is 6. The predicted octanol–water partition coefficient (Wildman–Crippen LogP) is 1.33. The van der Waals surface area contributed by atoms with Gasteiger partial charge in [-0.1, -0.05) is 42.1 Å². The molecule has 0 bridgehead atoms. The Kier molecular flexibility index (Phi) is 6.46. The van der Waals surface area contributed by atoms with Crippen LogP contribution in [0.15, 0.2) is 35.5 Å². The summed E-state index contributed by atoms with van der Waals surface area (Å²) in [4.78, 5) is 35.2. The molecule has 1 N–H and O–H groups in total. The number of thioether (sulfide) groups is 1. The second-order valence-electron chi connectivity index (χ2n) is 7.37. The van der Waals surface area contributed by atoms with E-state index in [-0.39, 0.29) is 11.8 Å². The quantitative estimate of drug-likeness (QED) is 0.718. The van der Waals surface area contributed by atoms with Crippen LogP contribution in [0.2, 0.25) is 0 Å². The Balaban J connectivity index is 1.20. The molecular formula is C20H26N6O2S. The van der Waals surface area contributed by atoms with E-state index in [0.29, 0.717) is 36.4 Å². The lowest BCUT2D eigenvalue weighted by Crippen LogP contribution is -2.51. The van der Waals surface area contributed by atoms with Gasteiger partial charge in [0.15, 0.2) is 5.82 Å². The summed E-state index contributed by atoms with van der Waals surface area (Å²) in [5.41, 5.74) is 0.970. The molecule has 2 fully saturated rings. The molecule has 2 aliphatic heterocycles. The van der Waals surface area contributed by atoms with Gasteiger partial charge in [-0.25, -0.2) is 4.98 Å². The Bertz CT molecular complexity index is 829. The third kappa shape index (κ3) is 5.16. The summed E-state index contributed by atoms with van der Waals surface area (Å²) in [6.45, 7) is 5.06. The van der Waals surface area contributed by atoms with Gasteiger partial charge >= 0.3 is 0 Å². The van der Waals surface area contributed by atoms with E-state index < -0.39 is 0 Å². The highest BCUT2D eigenvalue weighted by molar-refractivity contribution is 7.99. The molecule has 2 aliphatic rings. The first-order valence-corrected chi connectivity index (χ1v) is 11.1. The monoisotopic (exact) mass is 414 g/mol. The number of piperazine rings is 1. The van der Waals surface area contributed by atoms with Gasteiger partial charge in [0.25, 0.3) is 0 Å². The van der Waals surface area contributed by atoms with Crippen LogP contribution in [0.4, 0.5) is 0 Å². The standard InChI is InChI=1S/C20H26N6O2S/c27-17(25-8-4-5-9-25)14-24-10-12-26(13-11-24)18(28)15-29-20-21-19(22-23-20)16-6-2-1-3-7-16/h1-3,6-7H,4-5,8-15H2,(H,21,22,23). The van der Waals surface area contributed by atoms with Gasteiger partial charge in [0.05, 0.1) is 12.3 Å². The number of nitrogens with zero attached hydrogens (tertiary/aromatic N) is 5. The van der Waals surface area contributed by atoms with E-state index in [0.717, 1.165) is 44.6 Å². The van der Waals surface area contributed by atoms with E-state index in [1.807, 2.05) is 40.1 Å². The maximum atomic E-state index is 12.5. The Hall–Kier alpha value is -2.39. The second-order valence-corrected chi connectivity index (χ2v) is 8.31. The Morgan fingerprint density at radius 3 is 2.34 bits per heavy atom. The molecule has 3 heterocycles. The molecule has 154 valence electrons. The normalized spacial score (nSPS) is 17.7. The summed E-state index contributed by atoms with van der Waals surface area (Å²) >= 11 is 1.35. The number of likely N-dealkylation sites (tertiary alicyclic amines) is 1. The van der Waals surface area contributed by atoms with Crippen molar-refractivity contribution in [1.82, 2.24) is 29.9 Å². The number of amides is 2. The van der Waals surface area contributed by atoms with Gasteiger partial charge in [0.1, 0.15) is 0 Å². The first-order chi connectivity index (χ1) is 14.2. The Labute approximate surface area is 174 Å². The molecule has 0 saturated carbocycles. The molecule has 2 amide bonds. The Morgan fingerprint density at radius 1 is 0.931 bits per heavy atom. The number of carbonyl (C=O) groups excluding carboxylic acids is 2. The molecular weight excluding hydrogens is 388 g/mol. The van der Waals surface area contributed by atoms with Crippen LogP contribution in [-0.4, -0.2) is 93.3 Å². The van der Waals surface area contributed by atoms with Gasteiger partial charge in [-0.05, 0) is 12.8 Å². The number of nitrogens with one attached hydrogen (secondary N) is 1. The molecule has 2 aromatic rings. The lowest BCUT2D eigenvalue weighted by molar-refractivity contribution is -0.133. The fourth-order valence-electron chi connectivity index (χ4n) is 3.67. The average Bonchev–Trinajstić information content (AvgIpc) is 3.45. The molecule has 0 radical (unpaired) electrons. The van der Waals surface area contributed by atoms with Crippen LogP contribution in [-0.2, 0) is 9.59 Å². The number of H-pyrrole nitrogens is 1. The smallest absolute Gasteiger partial charge is 0.236 e. The van der Waals surface area contributed by atoms with Crippen molar-refractivity contribution in [3.05, 3.63) is 30.3 Å². The highest BCUT2D eigenvalue weighted by Gasteiger charge is 2.25. The first-order valence-electron chi connectivity index (χ1n) is 10.1. The zero-order valence-electron chi connectivity index (χ0n) is 16.4. The van der Waals surface area contributed by atoms with Crippen molar-refractivity contribution in [1.29, 1.82) is 0 Å². The van der Waals surface area contributed by atoms with Crippen LogP contribution in [0.1, 0.15) is 12.8 Å². The minimum absolute atomic E-state index is 0.0894. The van der Waals surface area contributed by atoms with Crippen LogP contribution < -0.4 is 0 Å². The molecule has 0 atom stereocenters. The predicted molar refractivity (Wildman–Crippen MR) is 111 cm³/mol. The summed E-state index contributed by atoms with van der Waals surface area (Å²) in [5.74, 6) is 1.33. The Morgan fingerprint density at radius 2 is 1.62 bits per heavy atom. The summed E-state index contributed by atoms with van der Waals surface area (Å²) in [6, 6.07) is 9.79. The molecule has 0 aliphatic carbocycles. The van der Waals surface area contributed by atoms with Gasteiger partial charge < -0.3 is 9.80 Å². The van der Waals surface area contributed by atoms with Gasteiger partial charge in [-0.2, -0.15) is 0 Å². The zero-order chi connectivity index (χ0) is 20.1. The van der Waals surface area contributed by atoms with Gasteiger partial charge in [-0.3, -0.25) is 19.6 Å². The van der Waals surface area contributed by atoms with Crippen LogP contribution in [0.25, 0.3) is 11.4 Å². The first kappa shape index (κ1) is 19.9. The third-order valence-electron chi connectivity index (χ3n) is 5.38. The lowest BCUT2D eigenvalue weighted by Gasteiger charge is -2.35. The summed E-state index contributed by atoms with van der Waals surface area (Å²) in [6.07, 6.45) is 2.23. The average molecular weight is 415 g/mol.